The van der Waals surface area contributed by atoms with Crippen LogP contribution in [0.4, 0.5) is 13.2 Å². The standard InChI is InChI=1S/C19H16F3NO2/c1-2-25-17-10-8-15(9-11-17)18(24)23-12-4-6-14-5-3-7-16(13-14)19(20,21)22/h3,5,7-11,13H,2,12H2,1H3,(H,23,24). The lowest BCUT2D eigenvalue weighted by Gasteiger charge is -2.06. The average molecular weight is 347 g/mol. The summed E-state index contributed by atoms with van der Waals surface area (Å²) in [6.45, 7) is 2.43. The van der Waals surface area contributed by atoms with E-state index in [1.54, 1.807) is 24.3 Å². The van der Waals surface area contributed by atoms with Gasteiger partial charge in [0.25, 0.3) is 5.91 Å². The number of amides is 1. The van der Waals surface area contributed by atoms with Crippen LogP contribution in [0, 0.1) is 11.8 Å². The summed E-state index contributed by atoms with van der Waals surface area (Å²) in [5, 5.41) is 2.59. The first-order valence-corrected chi connectivity index (χ1v) is 7.57. The topological polar surface area (TPSA) is 38.3 Å². The summed E-state index contributed by atoms with van der Waals surface area (Å²) in [4.78, 5) is 11.9. The molecule has 0 saturated heterocycles. The molecule has 0 radical (unpaired) electrons. The minimum atomic E-state index is -4.40. The molecular weight excluding hydrogens is 331 g/mol. The number of carbonyl (C=O) groups excluding carboxylic acids is 1. The number of ether oxygens (including phenoxy) is 1. The predicted octanol–water partition coefficient (Wildman–Crippen LogP) is 3.89. The van der Waals surface area contributed by atoms with Crippen molar-refractivity contribution >= 4 is 5.91 Å². The van der Waals surface area contributed by atoms with Crippen molar-refractivity contribution < 1.29 is 22.7 Å². The second kappa shape index (κ2) is 8.25. The van der Waals surface area contributed by atoms with E-state index in [0.717, 1.165) is 12.1 Å². The van der Waals surface area contributed by atoms with Gasteiger partial charge in [-0.25, -0.2) is 0 Å². The van der Waals surface area contributed by atoms with Gasteiger partial charge in [0.15, 0.2) is 0 Å². The van der Waals surface area contributed by atoms with Gasteiger partial charge in [-0.1, -0.05) is 17.9 Å². The van der Waals surface area contributed by atoms with Crippen molar-refractivity contribution in [2.24, 2.45) is 0 Å². The highest BCUT2D eigenvalue weighted by Gasteiger charge is 2.30. The van der Waals surface area contributed by atoms with Crippen LogP contribution in [0.1, 0.15) is 28.4 Å². The predicted molar refractivity (Wildman–Crippen MR) is 88.3 cm³/mol. The molecule has 0 aliphatic rings. The third-order valence-electron chi connectivity index (χ3n) is 3.19. The van der Waals surface area contributed by atoms with E-state index in [1.165, 1.54) is 12.1 Å². The lowest BCUT2D eigenvalue weighted by molar-refractivity contribution is -0.137. The number of benzene rings is 2. The fourth-order valence-corrected chi connectivity index (χ4v) is 2.02. The van der Waals surface area contributed by atoms with Crippen molar-refractivity contribution in [3.05, 3.63) is 65.2 Å². The highest BCUT2D eigenvalue weighted by Crippen LogP contribution is 2.29. The molecule has 25 heavy (non-hydrogen) atoms. The Kier molecular flexibility index (Phi) is 6.07. The first-order valence-electron chi connectivity index (χ1n) is 7.57. The Labute approximate surface area is 143 Å². The first kappa shape index (κ1) is 18.4. The Morgan fingerprint density at radius 1 is 1.16 bits per heavy atom. The minimum absolute atomic E-state index is 0.0300. The van der Waals surface area contributed by atoms with E-state index in [2.05, 4.69) is 17.2 Å². The smallest absolute Gasteiger partial charge is 0.416 e. The van der Waals surface area contributed by atoms with Crippen LogP contribution in [0.5, 0.6) is 5.75 Å². The van der Waals surface area contributed by atoms with Crippen LogP contribution in [0.25, 0.3) is 0 Å². The van der Waals surface area contributed by atoms with E-state index in [-0.39, 0.29) is 18.0 Å². The second-order valence-electron chi connectivity index (χ2n) is 5.02. The number of carbonyl (C=O) groups is 1. The summed E-state index contributed by atoms with van der Waals surface area (Å²) >= 11 is 0. The number of rotatable bonds is 4. The zero-order valence-corrected chi connectivity index (χ0v) is 13.5. The van der Waals surface area contributed by atoms with E-state index < -0.39 is 11.7 Å². The summed E-state index contributed by atoms with van der Waals surface area (Å²) in [5.41, 5.74) is -0.0628. The number of hydrogen-bond acceptors (Lipinski definition) is 2. The number of hydrogen-bond donors (Lipinski definition) is 1. The maximum atomic E-state index is 12.6. The Balaban J connectivity index is 1.93. The molecule has 130 valence electrons. The molecule has 0 atom stereocenters. The molecule has 0 aliphatic carbocycles. The normalized spacial score (nSPS) is 10.6. The number of nitrogens with one attached hydrogen (secondary N) is 1. The molecule has 0 spiro atoms. The molecule has 0 saturated carbocycles. The van der Waals surface area contributed by atoms with Gasteiger partial charge in [0.05, 0.1) is 18.7 Å². The van der Waals surface area contributed by atoms with Gasteiger partial charge < -0.3 is 10.1 Å². The molecule has 2 aromatic carbocycles. The summed E-state index contributed by atoms with van der Waals surface area (Å²) in [5.74, 6) is 5.60. The molecule has 1 amide bonds. The molecule has 0 bridgehead atoms. The SMILES string of the molecule is CCOc1ccc(C(=O)NCC#Cc2cccc(C(F)(F)F)c2)cc1. The monoisotopic (exact) mass is 347 g/mol. The van der Waals surface area contributed by atoms with Crippen LogP contribution in [0.2, 0.25) is 0 Å². The molecular formula is C19H16F3NO2. The van der Waals surface area contributed by atoms with Gasteiger partial charge in [0.2, 0.25) is 0 Å². The number of alkyl halides is 3. The second-order valence-corrected chi connectivity index (χ2v) is 5.02. The Morgan fingerprint density at radius 3 is 2.52 bits per heavy atom. The van der Waals surface area contributed by atoms with Crippen molar-refractivity contribution in [1.29, 1.82) is 0 Å². The highest BCUT2D eigenvalue weighted by atomic mass is 19.4. The lowest BCUT2D eigenvalue weighted by Crippen LogP contribution is -2.23. The quantitative estimate of drug-likeness (QED) is 0.853. The Bertz CT molecular complexity index is 787. The largest absolute Gasteiger partial charge is 0.494 e. The van der Waals surface area contributed by atoms with Gasteiger partial charge in [-0.2, -0.15) is 13.2 Å². The zero-order valence-electron chi connectivity index (χ0n) is 13.5. The minimum Gasteiger partial charge on any atom is -0.494 e. The van der Waals surface area contributed by atoms with E-state index >= 15 is 0 Å². The highest BCUT2D eigenvalue weighted by molar-refractivity contribution is 5.94. The van der Waals surface area contributed by atoms with Crippen LogP contribution in [-0.2, 0) is 6.18 Å². The van der Waals surface area contributed by atoms with Crippen LogP contribution < -0.4 is 10.1 Å². The van der Waals surface area contributed by atoms with E-state index in [9.17, 15) is 18.0 Å². The van der Waals surface area contributed by atoms with Gasteiger partial charge in [0, 0.05) is 11.1 Å². The van der Waals surface area contributed by atoms with Gasteiger partial charge in [-0.05, 0) is 49.4 Å². The third-order valence-corrected chi connectivity index (χ3v) is 3.19. The maximum Gasteiger partial charge on any atom is 0.416 e. The molecule has 3 nitrogen and oxygen atoms in total. The van der Waals surface area contributed by atoms with Crippen molar-refractivity contribution in [1.82, 2.24) is 5.32 Å². The molecule has 0 unspecified atom stereocenters. The number of halogens is 3. The Morgan fingerprint density at radius 2 is 1.88 bits per heavy atom. The van der Waals surface area contributed by atoms with Crippen LogP contribution in [0.3, 0.4) is 0 Å². The van der Waals surface area contributed by atoms with E-state index in [1.807, 2.05) is 6.92 Å². The average Bonchev–Trinajstić information content (AvgIpc) is 2.59. The van der Waals surface area contributed by atoms with E-state index in [4.69, 9.17) is 4.74 Å². The molecule has 0 fully saturated rings. The molecule has 6 heteroatoms. The van der Waals surface area contributed by atoms with Crippen molar-refractivity contribution in [3.8, 4) is 17.6 Å². The molecule has 2 aromatic rings. The van der Waals surface area contributed by atoms with Crippen LogP contribution >= 0.6 is 0 Å². The molecule has 2 rings (SSSR count). The molecule has 1 N–H and O–H groups in total. The van der Waals surface area contributed by atoms with Crippen LogP contribution in [0.15, 0.2) is 48.5 Å². The van der Waals surface area contributed by atoms with Crippen molar-refractivity contribution in [3.63, 3.8) is 0 Å². The van der Waals surface area contributed by atoms with Crippen LogP contribution in [-0.4, -0.2) is 19.1 Å². The molecule has 0 heterocycles. The van der Waals surface area contributed by atoms with Crippen molar-refractivity contribution in [2.75, 3.05) is 13.2 Å². The van der Waals surface area contributed by atoms with Gasteiger partial charge in [-0.15, -0.1) is 0 Å². The molecule has 0 aromatic heterocycles. The lowest BCUT2D eigenvalue weighted by atomic mass is 10.1. The van der Waals surface area contributed by atoms with Crippen molar-refractivity contribution in [2.45, 2.75) is 13.1 Å². The summed E-state index contributed by atoms with van der Waals surface area (Å²) in [6.07, 6.45) is -4.40. The van der Waals surface area contributed by atoms with Gasteiger partial charge >= 0.3 is 6.18 Å². The summed E-state index contributed by atoms with van der Waals surface area (Å²) in [6, 6.07) is 11.4. The van der Waals surface area contributed by atoms with Gasteiger partial charge in [-0.3, -0.25) is 4.79 Å². The van der Waals surface area contributed by atoms with E-state index in [0.29, 0.717) is 17.9 Å². The molecule has 0 aliphatic heterocycles. The Hall–Kier alpha value is -2.94. The fraction of sp³-hybridized carbons (Fsp3) is 0.211. The summed E-state index contributed by atoms with van der Waals surface area (Å²) in [7, 11) is 0. The zero-order chi connectivity index (χ0) is 18.3. The third kappa shape index (κ3) is 5.57. The van der Waals surface area contributed by atoms with Gasteiger partial charge in [0.1, 0.15) is 5.75 Å². The first-order chi connectivity index (χ1) is 11.9. The summed E-state index contributed by atoms with van der Waals surface area (Å²) < 4.78 is 43.1. The maximum absolute atomic E-state index is 12.6. The fourth-order valence-electron chi connectivity index (χ4n) is 2.02.